The quantitative estimate of drug-likeness (QED) is 0.838. The highest BCUT2D eigenvalue weighted by Gasteiger charge is 2.79. The smallest absolute Gasteiger partial charge is 0.219 e. The molecule has 2 aromatic carbocycles. The van der Waals surface area contributed by atoms with Crippen LogP contribution in [0.15, 0.2) is 54.6 Å². The van der Waals surface area contributed by atoms with Crippen LogP contribution in [0.3, 0.4) is 0 Å². The summed E-state index contributed by atoms with van der Waals surface area (Å²) < 4.78 is 17.3. The van der Waals surface area contributed by atoms with Crippen molar-refractivity contribution >= 4 is 5.90 Å². The van der Waals surface area contributed by atoms with Crippen molar-refractivity contribution in [2.45, 2.75) is 24.7 Å². The Hall–Kier alpha value is -3.86. The first-order valence-electron chi connectivity index (χ1n) is 9.31. The molecule has 7 nitrogen and oxygen atoms in total. The second-order valence-corrected chi connectivity index (χ2v) is 7.51. The third kappa shape index (κ3) is 2.23. The summed E-state index contributed by atoms with van der Waals surface area (Å²) in [6.07, 6.45) is -1.04. The molecule has 0 saturated carbocycles. The summed E-state index contributed by atoms with van der Waals surface area (Å²) in [5.41, 5.74) is -2.68. The highest BCUT2D eigenvalue weighted by atomic mass is 16.7. The van der Waals surface area contributed by atoms with Gasteiger partial charge in [0.2, 0.25) is 11.7 Å². The molecule has 148 valence electrons. The van der Waals surface area contributed by atoms with Crippen LogP contribution in [-0.2, 0) is 9.47 Å². The molecule has 0 aliphatic carbocycles. The van der Waals surface area contributed by atoms with Gasteiger partial charge in [0.15, 0.2) is 10.8 Å². The Morgan fingerprint density at radius 1 is 0.933 bits per heavy atom. The average molecular weight is 398 g/mol. The number of nitriles is 3. The van der Waals surface area contributed by atoms with Crippen molar-refractivity contribution in [3.8, 4) is 24.0 Å². The summed E-state index contributed by atoms with van der Waals surface area (Å²) in [6, 6.07) is 22.0. The number of methoxy groups -OCH3 is 1. The van der Waals surface area contributed by atoms with Gasteiger partial charge >= 0.3 is 0 Å². The lowest BCUT2D eigenvalue weighted by Crippen LogP contribution is -2.70. The fourth-order valence-electron chi connectivity index (χ4n) is 4.71. The van der Waals surface area contributed by atoms with Crippen LogP contribution in [-0.4, -0.2) is 18.8 Å². The zero-order valence-electron chi connectivity index (χ0n) is 16.4. The molecule has 3 aliphatic heterocycles. The summed E-state index contributed by atoms with van der Waals surface area (Å²) >= 11 is 0. The van der Waals surface area contributed by atoms with Crippen molar-refractivity contribution in [1.82, 2.24) is 0 Å². The van der Waals surface area contributed by atoms with Gasteiger partial charge in [-0.2, -0.15) is 15.8 Å². The Labute approximate surface area is 174 Å². The standard InChI is InChI=1S/C23H18N4O3/c1-21-18(15-6-4-3-5-7-15)22(12-24,13-25)23(14-26,20(27)30-21)19(29-21)16-8-10-17(28-2)11-9-16/h3-11,18-19,27H,1-2H3/t18-,19+,21+,23+/m0/s1. The minimum atomic E-state index is -1.96. The van der Waals surface area contributed by atoms with Gasteiger partial charge in [-0.05, 0) is 23.3 Å². The van der Waals surface area contributed by atoms with Gasteiger partial charge in [-0.25, -0.2) is 0 Å². The van der Waals surface area contributed by atoms with Gasteiger partial charge in [0.1, 0.15) is 11.9 Å². The molecule has 2 bridgehead atoms. The van der Waals surface area contributed by atoms with Gasteiger partial charge in [0, 0.05) is 6.92 Å². The maximum absolute atomic E-state index is 10.3. The van der Waals surface area contributed by atoms with E-state index in [9.17, 15) is 15.8 Å². The van der Waals surface area contributed by atoms with E-state index < -0.39 is 34.5 Å². The Morgan fingerprint density at radius 2 is 1.57 bits per heavy atom. The van der Waals surface area contributed by atoms with Crippen LogP contribution < -0.4 is 4.74 Å². The van der Waals surface area contributed by atoms with E-state index in [-0.39, 0.29) is 0 Å². The number of hydrogen-bond acceptors (Lipinski definition) is 7. The molecule has 3 heterocycles. The number of nitrogens with one attached hydrogen (secondary N) is 1. The van der Waals surface area contributed by atoms with E-state index in [1.165, 1.54) is 7.11 Å². The lowest BCUT2D eigenvalue weighted by atomic mass is 9.49. The molecule has 30 heavy (non-hydrogen) atoms. The molecule has 4 atom stereocenters. The van der Waals surface area contributed by atoms with Crippen LogP contribution in [0, 0.1) is 50.2 Å². The van der Waals surface area contributed by atoms with Gasteiger partial charge in [-0.3, -0.25) is 5.41 Å². The molecule has 7 heteroatoms. The van der Waals surface area contributed by atoms with Crippen molar-refractivity contribution < 1.29 is 14.2 Å². The predicted molar refractivity (Wildman–Crippen MR) is 105 cm³/mol. The highest BCUT2D eigenvalue weighted by Crippen LogP contribution is 2.69. The lowest BCUT2D eigenvalue weighted by molar-refractivity contribution is -0.323. The van der Waals surface area contributed by atoms with Gasteiger partial charge in [0.25, 0.3) is 0 Å². The summed E-state index contributed by atoms with van der Waals surface area (Å²) in [5, 5.41) is 39.5. The molecule has 0 unspecified atom stereocenters. The molecule has 5 rings (SSSR count). The maximum Gasteiger partial charge on any atom is 0.219 e. The molecular weight excluding hydrogens is 380 g/mol. The van der Waals surface area contributed by atoms with Crippen molar-refractivity contribution in [3.05, 3.63) is 65.7 Å². The Morgan fingerprint density at radius 3 is 2.10 bits per heavy atom. The van der Waals surface area contributed by atoms with Gasteiger partial charge in [-0.1, -0.05) is 42.5 Å². The van der Waals surface area contributed by atoms with Crippen LogP contribution >= 0.6 is 0 Å². The number of nitrogens with zero attached hydrogens (tertiary/aromatic N) is 3. The SMILES string of the molecule is COc1ccc([C@H]2O[C@]3(C)OC(=N)[C@]2(C#N)C(C#N)(C#N)[C@H]3c2ccccc2)cc1. The molecule has 0 aromatic heterocycles. The second kappa shape index (κ2) is 6.59. The van der Waals surface area contributed by atoms with Gasteiger partial charge in [-0.15, -0.1) is 0 Å². The van der Waals surface area contributed by atoms with Crippen molar-refractivity contribution in [3.63, 3.8) is 0 Å². The maximum atomic E-state index is 10.3. The average Bonchev–Trinajstić information content (AvgIpc) is 2.78. The Bertz CT molecular complexity index is 1110. The zero-order valence-corrected chi connectivity index (χ0v) is 16.4. The van der Waals surface area contributed by atoms with Crippen molar-refractivity contribution in [1.29, 1.82) is 21.2 Å². The largest absolute Gasteiger partial charge is 0.497 e. The molecule has 0 radical (unpaired) electrons. The number of ether oxygens (including phenoxy) is 3. The van der Waals surface area contributed by atoms with Crippen LogP contribution in [0.5, 0.6) is 5.75 Å². The Balaban J connectivity index is 2.00. The van der Waals surface area contributed by atoms with Crippen LogP contribution in [0.2, 0.25) is 0 Å². The highest BCUT2D eigenvalue weighted by molar-refractivity contribution is 5.89. The minimum Gasteiger partial charge on any atom is -0.497 e. The lowest BCUT2D eigenvalue weighted by Gasteiger charge is -2.61. The first kappa shape index (κ1) is 19.5. The summed E-state index contributed by atoms with van der Waals surface area (Å²) in [7, 11) is 1.54. The van der Waals surface area contributed by atoms with Crippen molar-refractivity contribution in [2.24, 2.45) is 10.8 Å². The van der Waals surface area contributed by atoms with E-state index in [4.69, 9.17) is 19.6 Å². The summed E-state index contributed by atoms with van der Waals surface area (Å²) in [4.78, 5) is 0. The van der Waals surface area contributed by atoms with E-state index in [0.717, 1.165) is 0 Å². The van der Waals surface area contributed by atoms with E-state index >= 15 is 0 Å². The number of fused-ring (bicyclic) bond motifs is 3. The predicted octanol–water partition coefficient (Wildman–Crippen LogP) is 3.82. The topological polar surface area (TPSA) is 123 Å². The number of rotatable bonds is 3. The van der Waals surface area contributed by atoms with Crippen LogP contribution in [0.1, 0.15) is 30.1 Å². The second-order valence-electron chi connectivity index (χ2n) is 7.51. The van der Waals surface area contributed by atoms with E-state index in [1.807, 2.05) is 6.07 Å². The monoisotopic (exact) mass is 398 g/mol. The van der Waals surface area contributed by atoms with Gasteiger partial charge < -0.3 is 14.2 Å². The molecular formula is C23H18N4O3. The normalized spacial score (nSPS) is 31.0. The van der Waals surface area contributed by atoms with Gasteiger partial charge in [0.05, 0.1) is 31.2 Å². The fraction of sp³-hybridized carbons (Fsp3) is 0.304. The molecule has 1 N–H and O–H groups in total. The molecule has 3 fully saturated rings. The van der Waals surface area contributed by atoms with E-state index in [2.05, 4.69) is 18.2 Å². The first-order chi connectivity index (χ1) is 14.4. The molecule has 3 aliphatic rings. The zero-order chi connectivity index (χ0) is 21.6. The molecule has 0 spiro atoms. The van der Waals surface area contributed by atoms with Crippen molar-refractivity contribution in [2.75, 3.05) is 7.11 Å². The fourth-order valence-corrected chi connectivity index (χ4v) is 4.71. The third-order valence-electron chi connectivity index (χ3n) is 6.07. The van der Waals surface area contributed by atoms with Crippen LogP contribution in [0.4, 0.5) is 0 Å². The minimum absolute atomic E-state index is 0.435. The summed E-state index contributed by atoms with van der Waals surface area (Å²) in [6.45, 7) is 1.61. The molecule has 0 amide bonds. The third-order valence-corrected chi connectivity index (χ3v) is 6.07. The Kier molecular flexibility index (Phi) is 4.28. The first-order valence-corrected chi connectivity index (χ1v) is 9.31. The number of hydrogen-bond donors (Lipinski definition) is 1. The molecule has 2 aromatic rings. The number of benzene rings is 2. The van der Waals surface area contributed by atoms with E-state index in [1.54, 1.807) is 55.5 Å². The molecule has 3 saturated heterocycles. The van der Waals surface area contributed by atoms with Crippen LogP contribution in [0.25, 0.3) is 0 Å². The summed E-state index contributed by atoms with van der Waals surface area (Å²) in [5.74, 6) is -2.22. The van der Waals surface area contributed by atoms with E-state index in [0.29, 0.717) is 16.9 Å².